The van der Waals surface area contributed by atoms with Gasteiger partial charge in [-0.25, -0.2) is 0 Å². The van der Waals surface area contributed by atoms with E-state index >= 15 is 0 Å². The average molecular weight is 196 g/mol. The third kappa shape index (κ3) is 2.86. The maximum atomic E-state index is 11.4. The van der Waals surface area contributed by atoms with Gasteiger partial charge in [-0.1, -0.05) is 11.1 Å². The molecular formula is C12H20O2. The Labute approximate surface area is 86.3 Å². The Balaban J connectivity index is 2.43. The molecule has 2 nitrogen and oxygen atoms in total. The summed E-state index contributed by atoms with van der Waals surface area (Å²) in [4.78, 5) is 11.4. The van der Waals surface area contributed by atoms with E-state index in [0.29, 0.717) is 6.61 Å². The second kappa shape index (κ2) is 5.18. The molecule has 0 aromatic heterocycles. The number of ether oxygens (including phenoxy) is 1. The number of carbonyl (C=O) groups excluding carboxylic acids is 1. The van der Waals surface area contributed by atoms with E-state index in [-0.39, 0.29) is 11.9 Å². The molecule has 14 heavy (non-hydrogen) atoms. The number of carbonyl (C=O) groups is 1. The van der Waals surface area contributed by atoms with Crippen LogP contribution < -0.4 is 0 Å². The van der Waals surface area contributed by atoms with Crippen LogP contribution in [0.1, 0.15) is 46.5 Å². The maximum Gasteiger partial charge on any atom is 0.308 e. The quantitative estimate of drug-likeness (QED) is 0.501. The van der Waals surface area contributed by atoms with Crippen molar-refractivity contribution >= 4 is 5.97 Å². The first-order valence-corrected chi connectivity index (χ1v) is 5.47. The molecule has 0 atom stereocenters. The Morgan fingerprint density at radius 3 is 2.36 bits per heavy atom. The topological polar surface area (TPSA) is 26.3 Å². The molecule has 0 radical (unpaired) electrons. The third-order valence-electron chi connectivity index (χ3n) is 2.92. The smallest absolute Gasteiger partial charge is 0.308 e. The number of allylic oxidation sites excluding steroid dienone is 2. The monoisotopic (exact) mass is 196 g/mol. The molecule has 1 rings (SSSR count). The molecule has 1 saturated carbocycles. The Morgan fingerprint density at radius 2 is 1.93 bits per heavy atom. The Hall–Kier alpha value is -0.790. The van der Waals surface area contributed by atoms with Gasteiger partial charge in [-0.05, 0) is 46.5 Å². The summed E-state index contributed by atoms with van der Waals surface area (Å²) in [6.07, 6.45) is 4.09. The first-order chi connectivity index (χ1) is 6.65. The minimum Gasteiger partial charge on any atom is -0.466 e. The van der Waals surface area contributed by atoms with Gasteiger partial charge in [0.15, 0.2) is 0 Å². The van der Waals surface area contributed by atoms with E-state index in [4.69, 9.17) is 4.74 Å². The van der Waals surface area contributed by atoms with Crippen LogP contribution in [0.3, 0.4) is 0 Å². The van der Waals surface area contributed by atoms with E-state index in [1.165, 1.54) is 11.1 Å². The highest BCUT2D eigenvalue weighted by molar-refractivity contribution is 5.72. The van der Waals surface area contributed by atoms with E-state index < -0.39 is 0 Å². The molecule has 1 fully saturated rings. The lowest BCUT2D eigenvalue weighted by Gasteiger charge is -2.23. The first kappa shape index (κ1) is 11.3. The van der Waals surface area contributed by atoms with Crippen molar-refractivity contribution in [3.05, 3.63) is 11.1 Å². The fourth-order valence-electron chi connectivity index (χ4n) is 1.96. The highest BCUT2D eigenvalue weighted by Gasteiger charge is 2.24. The van der Waals surface area contributed by atoms with Gasteiger partial charge in [0.25, 0.3) is 0 Å². The van der Waals surface area contributed by atoms with Crippen LogP contribution in [0.2, 0.25) is 0 Å². The number of hydrogen-bond donors (Lipinski definition) is 0. The van der Waals surface area contributed by atoms with Gasteiger partial charge in [0, 0.05) is 0 Å². The largest absolute Gasteiger partial charge is 0.466 e. The molecule has 1 aliphatic carbocycles. The summed E-state index contributed by atoms with van der Waals surface area (Å²) in [6, 6.07) is 0. The number of rotatable bonds is 2. The van der Waals surface area contributed by atoms with Crippen LogP contribution in [-0.4, -0.2) is 12.6 Å². The van der Waals surface area contributed by atoms with Gasteiger partial charge < -0.3 is 4.74 Å². The zero-order valence-electron chi connectivity index (χ0n) is 9.43. The van der Waals surface area contributed by atoms with E-state index in [0.717, 1.165) is 25.7 Å². The van der Waals surface area contributed by atoms with Crippen LogP contribution in [0.5, 0.6) is 0 Å². The Morgan fingerprint density at radius 1 is 1.36 bits per heavy atom. The molecule has 0 spiro atoms. The van der Waals surface area contributed by atoms with E-state index in [2.05, 4.69) is 13.8 Å². The lowest BCUT2D eigenvalue weighted by Crippen LogP contribution is -2.21. The van der Waals surface area contributed by atoms with Gasteiger partial charge in [-0.15, -0.1) is 0 Å². The molecule has 0 aromatic rings. The minimum absolute atomic E-state index is 0.000283. The summed E-state index contributed by atoms with van der Waals surface area (Å²) in [6.45, 7) is 6.67. The summed E-state index contributed by atoms with van der Waals surface area (Å²) in [7, 11) is 0. The number of hydrogen-bond acceptors (Lipinski definition) is 2. The zero-order valence-corrected chi connectivity index (χ0v) is 9.43. The first-order valence-electron chi connectivity index (χ1n) is 5.47. The van der Waals surface area contributed by atoms with E-state index in [9.17, 15) is 4.79 Å². The van der Waals surface area contributed by atoms with Gasteiger partial charge in [0.1, 0.15) is 0 Å². The fraction of sp³-hybridized carbons (Fsp3) is 0.750. The van der Waals surface area contributed by atoms with Gasteiger partial charge in [-0.3, -0.25) is 4.79 Å². The Kier molecular flexibility index (Phi) is 4.18. The molecule has 1 aliphatic rings. The molecule has 80 valence electrons. The molecule has 0 saturated heterocycles. The predicted molar refractivity (Wildman–Crippen MR) is 57.0 cm³/mol. The maximum absolute atomic E-state index is 11.4. The summed E-state index contributed by atoms with van der Waals surface area (Å²) in [5.41, 5.74) is 2.96. The zero-order chi connectivity index (χ0) is 10.6. The molecule has 0 heterocycles. The van der Waals surface area contributed by atoms with E-state index in [1.807, 2.05) is 6.92 Å². The highest BCUT2D eigenvalue weighted by Crippen LogP contribution is 2.30. The van der Waals surface area contributed by atoms with Crippen LogP contribution >= 0.6 is 0 Å². The predicted octanol–water partition coefficient (Wildman–Crippen LogP) is 3.08. The highest BCUT2D eigenvalue weighted by atomic mass is 16.5. The Bertz CT molecular complexity index is 227. The van der Waals surface area contributed by atoms with Gasteiger partial charge >= 0.3 is 5.97 Å². The molecule has 2 heteroatoms. The van der Waals surface area contributed by atoms with Crippen LogP contribution in [0.25, 0.3) is 0 Å². The molecule has 0 unspecified atom stereocenters. The summed E-state index contributed by atoms with van der Waals surface area (Å²) < 4.78 is 5.02. The summed E-state index contributed by atoms with van der Waals surface area (Å²) in [5, 5.41) is 0. The van der Waals surface area contributed by atoms with Crippen molar-refractivity contribution in [3.8, 4) is 0 Å². The van der Waals surface area contributed by atoms with Crippen LogP contribution in [0, 0.1) is 5.92 Å². The van der Waals surface area contributed by atoms with Crippen LogP contribution in [-0.2, 0) is 9.53 Å². The standard InChI is InChI=1S/C12H20O2/c1-4-14-12(13)11-7-5-10(6-8-11)9(2)3/h11H,4-8H2,1-3H3. The SMILES string of the molecule is CCOC(=O)C1CCC(=C(C)C)CC1. The molecular weight excluding hydrogens is 176 g/mol. The lowest BCUT2D eigenvalue weighted by molar-refractivity contribution is -0.148. The number of esters is 1. The van der Waals surface area contributed by atoms with Crippen LogP contribution in [0.15, 0.2) is 11.1 Å². The normalized spacial score (nSPS) is 21.9. The minimum atomic E-state index is 0.000283. The van der Waals surface area contributed by atoms with Crippen molar-refractivity contribution in [2.45, 2.75) is 46.5 Å². The second-order valence-corrected chi connectivity index (χ2v) is 4.13. The third-order valence-corrected chi connectivity index (χ3v) is 2.92. The lowest BCUT2D eigenvalue weighted by atomic mass is 9.84. The van der Waals surface area contributed by atoms with Crippen molar-refractivity contribution in [2.75, 3.05) is 6.61 Å². The second-order valence-electron chi connectivity index (χ2n) is 4.13. The van der Waals surface area contributed by atoms with Gasteiger partial charge in [0.05, 0.1) is 12.5 Å². The molecule has 0 aromatic carbocycles. The average Bonchev–Trinajstić information content (AvgIpc) is 2.18. The molecule has 0 N–H and O–H groups in total. The summed E-state index contributed by atoms with van der Waals surface area (Å²) >= 11 is 0. The summed E-state index contributed by atoms with van der Waals surface area (Å²) in [5.74, 6) is 0.151. The van der Waals surface area contributed by atoms with Gasteiger partial charge in [0.2, 0.25) is 0 Å². The van der Waals surface area contributed by atoms with E-state index in [1.54, 1.807) is 0 Å². The van der Waals surface area contributed by atoms with Crippen molar-refractivity contribution in [1.29, 1.82) is 0 Å². The van der Waals surface area contributed by atoms with Crippen molar-refractivity contribution in [3.63, 3.8) is 0 Å². The van der Waals surface area contributed by atoms with Crippen LogP contribution in [0.4, 0.5) is 0 Å². The molecule has 0 aliphatic heterocycles. The van der Waals surface area contributed by atoms with Gasteiger partial charge in [-0.2, -0.15) is 0 Å². The molecule has 0 amide bonds. The fourth-order valence-corrected chi connectivity index (χ4v) is 1.96. The van der Waals surface area contributed by atoms with Crippen molar-refractivity contribution in [1.82, 2.24) is 0 Å². The van der Waals surface area contributed by atoms with Crippen molar-refractivity contribution < 1.29 is 9.53 Å². The van der Waals surface area contributed by atoms with Crippen molar-refractivity contribution in [2.24, 2.45) is 5.92 Å². The molecule has 0 bridgehead atoms.